The maximum atomic E-state index is 8.56. The van der Waals surface area contributed by atoms with Crippen LogP contribution in [-0.2, 0) is 0 Å². The molecule has 0 aliphatic rings. The Morgan fingerprint density at radius 2 is 1.69 bits per heavy atom. The van der Waals surface area contributed by atoms with E-state index in [1.54, 1.807) is 0 Å². The van der Waals surface area contributed by atoms with Gasteiger partial charge in [0.25, 0.3) is 0 Å². The topological polar surface area (TPSA) is 81.3 Å². The van der Waals surface area contributed by atoms with Crippen LogP contribution in [0.5, 0.6) is 0 Å². The van der Waals surface area contributed by atoms with Crippen LogP contribution in [0.25, 0.3) is 0 Å². The zero-order valence-corrected chi connectivity index (χ0v) is 7.99. The van der Waals surface area contributed by atoms with Gasteiger partial charge in [-0.2, -0.15) is 5.26 Å². The van der Waals surface area contributed by atoms with Crippen molar-refractivity contribution in [2.75, 3.05) is 0 Å². The highest BCUT2D eigenvalue weighted by molar-refractivity contribution is 5.53. The highest BCUT2D eigenvalue weighted by Crippen LogP contribution is 2.03. The van der Waals surface area contributed by atoms with Gasteiger partial charge in [0.2, 0.25) is 0 Å². The zero-order chi connectivity index (χ0) is 10.5. The van der Waals surface area contributed by atoms with Crippen LogP contribution in [0.1, 0.15) is 45.4 Å². The van der Waals surface area contributed by atoms with Crippen molar-refractivity contribution >= 4 is 6.16 Å². The summed E-state index contributed by atoms with van der Waals surface area (Å²) in [6.45, 7) is 2.20. The van der Waals surface area contributed by atoms with Crippen LogP contribution < -0.4 is 0 Å². The maximum absolute atomic E-state index is 8.56. The van der Waals surface area contributed by atoms with E-state index < -0.39 is 6.16 Å². The molecule has 0 saturated heterocycles. The lowest BCUT2D eigenvalue weighted by Gasteiger charge is -1.92. The second-order valence-electron chi connectivity index (χ2n) is 2.60. The molecule has 0 bridgehead atoms. The molecule has 0 atom stereocenters. The van der Waals surface area contributed by atoms with Gasteiger partial charge < -0.3 is 10.2 Å². The number of hydrogen-bond donors (Lipinski definition) is 2. The Bertz CT molecular complexity index is 147. The highest BCUT2D eigenvalue weighted by Gasteiger charge is 1.85. The third-order valence-electron chi connectivity index (χ3n) is 1.39. The largest absolute Gasteiger partial charge is 0.503 e. The number of carbonyl (C=O) groups is 1. The summed E-state index contributed by atoms with van der Waals surface area (Å²) in [5.74, 6) is 0. The van der Waals surface area contributed by atoms with Gasteiger partial charge in [0.1, 0.15) is 0 Å². The molecule has 4 nitrogen and oxygen atoms in total. The summed E-state index contributed by atoms with van der Waals surface area (Å²) < 4.78 is 0. The molecule has 0 aliphatic heterocycles. The number of nitrogens with zero attached hydrogens (tertiary/aromatic N) is 1. The number of nitriles is 1. The third-order valence-corrected chi connectivity index (χ3v) is 1.39. The lowest BCUT2D eigenvalue weighted by molar-refractivity contribution is 0.137. The van der Waals surface area contributed by atoms with Gasteiger partial charge >= 0.3 is 6.16 Å². The molecule has 76 valence electrons. The van der Waals surface area contributed by atoms with Crippen LogP contribution in [0.4, 0.5) is 4.79 Å². The molecule has 0 saturated carbocycles. The van der Waals surface area contributed by atoms with Crippen LogP contribution in [0.15, 0.2) is 0 Å². The third kappa shape index (κ3) is 36.4. The van der Waals surface area contributed by atoms with Crippen molar-refractivity contribution in [3.05, 3.63) is 0 Å². The lowest BCUT2D eigenvalue weighted by Crippen LogP contribution is -1.81. The molecule has 2 N–H and O–H groups in total. The monoisotopic (exact) mass is 187 g/mol. The Kier molecular flexibility index (Phi) is 14.7. The molecule has 0 amide bonds. The number of unbranched alkanes of at least 4 members (excludes halogenated alkanes) is 5. The number of hydrogen-bond acceptors (Lipinski definition) is 2. The minimum absolute atomic E-state index is 0.740. The summed E-state index contributed by atoms with van der Waals surface area (Å²) in [6.07, 6.45) is 5.15. The van der Waals surface area contributed by atoms with Crippen LogP contribution in [0.3, 0.4) is 0 Å². The first-order valence-corrected chi connectivity index (χ1v) is 4.44. The molecule has 0 rings (SSSR count). The molecular weight excluding hydrogens is 170 g/mol. The molecule has 0 unspecified atom stereocenters. The van der Waals surface area contributed by atoms with E-state index in [1.807, 2.05) is 0 Å². The Hall–Kier alpha value is -1.24. The quantitative estimate of drug-likeness (QED) is 0.648. The average Bonchev–Trinajstić information content (AvgIpc) is 2.03. The first kappa shape index (κ1) is 14.3. The van der Waals surface area contributed by atoms with Gasteiger partial charge in [-0.05, 0) is 6.42 Å². The smallest absolute Gasteiger partial charge is 0.450 e. The van der Waals surface area contributed by atoms with Gasteiger partial charge in [0, 0.05) is 6.42 Å². The summed E-state index contributed by atoms with van der Waals surface area (Å²) in [5.41, 5.74) is 0. The first-order chi connectivity index (χ1) is 6.15. The number of rotatable bonds is 5. The Morgan fingerprint density at radius 3 is 2.08 bits per heavy atom. The highest BCUT2D eigenvalue weighted by atomic mass is 16.6. The van der Waals surface area contributed by atoms with E-state index in [2.05, 4.69) is 13.0 Å². The van der Waals surface area contributed by atoms with Crippen molar-refractivity contribution in [1.29, 1.82) is 5.26 Å². The van der Waals surface area contributed by atoms with Crippen molar-refractivity contribution in [2.45, 2.75) is 45.4 Å². The van der Waals surface area contributed by atoms with E-state index in [-0.39, 0.29) is 0 Å². The van der Waals surface area contributed by atoms with Crippen LogP contribution in [0.2, 0.25) is 0 Å². The predicted octanol–water partition coefficient (Wildman–Crippen LogP) is 3.09. The zero-order valence-electron chi connectivity index (χ0n) is 7.99. The van der Waals surface area contributed by atoms with Crippen molar-refractivity contribution in [3.63, 3.8) is 0 Å². The second-order valence-corrected chi connectivity index (χ2v) is 2.60. The standard InChI is InChI=1S/C8H15N.CH2O3/c1-2-3-4-5-6-7-8-9;2-1(3)4/h2-7H2,1H3;(H2,2,3,4). The van der Waals surface area contributed by atoms with E-state index in [0.717, 1.165) is 12.8 Å². The molecule has 0 heterocycles. The summed E-state index contributed by atoms with van der Waals surface area (Å²) in [4.78, 5) is 8.56. The van der Waals surface area contributed by atoms with Gasteiger partial charge in [-0.3, -0.25) is 0 Å². The van der Waals surface area contributed by atoms with E-state index in [1.165, 1.54) is 25.7 Å². The van der Waals surface area contributed by atoms with Crippen molar-refractivity contribution < 1.29 is 15.0 Å². The molecule has 0 radical (unpaired) electrons. The Morgan fingerprint density at radius 1 is 1.23 bits per heavy atom. The molecule has 0 aliphatic carbocycles. The minimum Gasteiger partial charge on any atom is -0.450 e. The molecule has 0 spiro atoms. The fourth-order valence-electron chi connectivity index (χ4n) is 0.808. The molecule has 13 heavy (non-hydrogen) atoms. The van der Waals surface area contributed by atoms with Crippen LogP contribution in [-0.4, -0.2) is 16.4 Å². The normalized spacial score (nSPS) is 8.00. The lowest BCUT2D eigenvalue weighted by atomic mass is 10.1. The molecule has 0 aromatic rings. The Labute approximate surface area is 78.8 Å². The van der Waals surface area contributed by atoms with Crippen molar-refractivity contribution in [1.82, 2.24) is 0 Å². The SMILES string of the molecule is CCCCCCCC#N.O=C(O)O. The van der Waals surface area contributed by atoms with Gasteiger partial charge in [-0.15, -0.1) is 0 Å². The van der Waals surface area contributed by atoms with Crippen molar-refractivity contribution in [2.24, 2.45) is 0 Å². The van der Waals surface area contributed by atoms with Gasteiger partial charge in [0.15, 0.2) is 0 Å². The molecule has 0 aromatic heterocycles. The average molecular weight is 187 g/mol. The Balaban J connectivity index is 0. The molecular formula is C9H17NO3. The molecule has 0 aromatic carbocycles. The van der Waals surface area contributed by atoms with E-state index in [4.69, 9.17) is 20.3 Å². The van der Waals surface area contributed by atoms with Gasteiger partial charge in [-0.1, -0.05) is 32.6 Å². The fourth-order valence-corrected chi connectivity index (χ4v) is 0.808. The maximum Gasteiger partial charge on any atom is 0.503 e. The van der Waals surface area contributed by atoms with Crippen LogP contribution >= 0.6 is 0 Å². The summed E-state index contributed by atoms with van der Waals surface area (Å²) in [6, 6.07) is 2.14. The molecule has 0 fully saturated rings. The summed E-state index contributed by atoms with van der Waals surface area (Å²) >= 11 is 0. The second kappa shape index (κ2) is 13.4. The summed E-state index contributed by atoms with van der Waals surface area (Å²) in [7, 11) is 0. The summed E-state index contributed by atoms with van der Waals surface area (Å²) in [5, 5.41) is 22.1. The van der Waals surface area contributed by atoms with Gasteiger partial charge in [-0.25, -0.2) is 4.79 Å². The minimum atomic E-state index is -1.83. The molecule has 4 heteroatoms. The van der Waals surface area contributed by atoms with Gasteiger partial charge in [0.05, 0.1) is 6.07 Å². The van der Waals surface area contributed by atoms with E-state index >= 15 is 0 Å². The number of carboxylic acid groups (broad SMARTS) is 2. The first-order valence-electron chi connectivity index (χ1n) is 4.44. The van der Waals surface area contributed by atoms with Crippen LogP contribution in [0, 0.1) is 11.3 Å². The van der Waals surface area contributed by atoms with E-state index in [0.29, 0.717) is 0 Å². The fraction of sp³-hybridized carbons (Fsp3) is 0.778. The predicted molar refractivity (Wildman–Crippen MR) is 49.6 cm³/mol. The van der Waals surface area contributed by atoms with E-state index in [9.17, 15) is 0 Å². The van der Waals surface area contributed by atoms with Crippen molar-refractivity contribution in [3.8, 4) is 6.07 Å².